The van der Waals surface area contributed by atoms with Crippen molar-refractivity contribution in [2.45, 2.75) is 32.4 Å². The van der Waals surface area contributed by atoms with Gasteiger partial charge >= 0.3 is 5.69 Å². The lowest BCUT2D eigenvalue weighted by Crippen LogP contribution is -2.44. The Morgan fingerprint density at radius 3 is 2.80 bits per heavy atom. The van der Waals surface area contributed by atoms with Crippen LogP contribution in [0.2, 0.25) is 0 Å². The standard InChI is InChI=1S/C17H22N4O4/c1-3-14(11-22)21(10-12-5-4-6-18-8-12)15(23)7-13-9-19-17(25)20(2)16(13)24/h4-6,8-9,14,22H,3,7,10-11H2,1-2H3,(H,19,25). The highest BCUT2D eigenvalue weighted by Gasteiger charge is 2.23. The van der Waals surface area contributed by atoms with E-state index in [1.54, 1.807) is 23.4 Å². The van der Waals surface area contributed by atoms with E-state index in [1.807, 2.05) is 13.0 Å². The minimum absolute atomic E-state index is 0.153. The third kappa shape index (κ3) is 4.42. The van der Waals surface area contributed by atoms with E-state index in [4.69, 9.17) is 0 Å². The number of nitrogens with zero attached hydrogens (tertiary/aromatic N) is 3. The summed E-state index contributed by atoms with van der Waals surface area (Å²) in [7, 11) is 1.35. The van der Waals surface area contributed by atoms with Gasteiger partial charge in [-0.3, -0.25) is 19.1 Å². The van der Waals surface area contributed by atoms with Crippen molar-refractivity contribution in [2.24, 2.45) is 7.05 Å². The third-order valence-electron chi connectivity index (χ3n) is 4.11. The van der Waals surface area contributed by atoms with Crippen molar-refractivity contribution in [3.63, 3.8) is 0 Å². The maximum atomic E-state index is 12.8. The van der Waals surface area contributed by atoms with E-state index in [9.17, 15) is 19.5 Å². The number of aliphatic hydroxyl groups excluding tert-OH is 1. The van der Waals surface area contributed by atoms with E-state index in [0.29, 0.717) is 6.42 Å². The zero-order valence-electron chi connectivity index (χ0n) is 14.3. The van der Waals surface area contributed by atoms with Gasteiger partial charge in [-0.25, -0.2) is 4.79 Å². The molecule has 0 bridgehead atoms. The van der Waals surface area contributed by atoms with Gasteiger partial charge in [-0.2, -0.15) is 0 Å². The highest BCUT2D eigenvalue weighted by atomic mass is 16.3. The van der Waals surface area contributed by atoms with Crippen LogP contribution in [0.15, 0.2) is 40.3 Å². The van der Waals surface area contributed by atoms with Crippen LogP contribution in [0, 0.1) is 0 Å². The molecule has 8 heteroatoms. The van der Waals surface area contributed by atoms with Gasteiger partial charge in [-0.05, 0) is 18.1 Å². The molecule has 2 N–H and O–H groups in total. The summed E-state index contributed by atoms with van der Waals surface area (Å²) < 4.78 is 0.928. The van der Waals surface area contributed by atoms with Gasteiger partial charge in [-0.15, -0.1) is 0 Å². The van der Waals surface area contributed by atoms with Crippen LogP contribution in [0.5, 0.6) is 0 Å². The lowest BCUT2D eigenvalue weighted by atomic mass is 10.1. The Labute approximate surface area is 144 Å². The quantitative estimate of drug-likeness (QED) is 0.722. The summed E-state index contributed by atoms with van der Waals surface area (Å²) in [6.07, 6.45) is 4.99. The molecule has 0 radical (unpaired) electrons. The Morgan fingerprint density at radius 2 is 2.20 bits per heavy atom. The summed E-state index contributed by atoms with van der Waals surface area (Å²) in [6, 6.07) is 3.26. The molecule has 25 heavy (non-hydrogen) atoms. The SMILES string of the molecule is CCC(CO)N(Cc1cccnc1)C(=O)Cc1c[nH]c(=O)n(C)c1=O. The van der Waals surface area contributed by atoms with Crippen molar-refractivity contribution in [1.82, 2.24) is 19.4 Å². The van der Waals surface area contributed by atoms with Crippen molar-refractivity contribution < 1.29 is 9.90 Å². The predicted octanol–water partition coefficient (Wildman–Crippen LogP) is -0.189. The van der Waals surface area contributed by atoms with Gasteiger partial charge in [0, 0.05) is 37.7 Å². The van der Waals surface area contributed by atoms with Crippen LogP contribution < -0.4 is 11.2 Å². The van der Waals surface area contributed by atoms with Crippen molar-refractivity contribution in [3.8, 4) is 0 Å². The number of aromatic nitrogens is 3. The molecule has 2 heterocycles. The van der Waals surface area contributed by atoms with E-state index in [0.717, 1.165) is 10.1 Å². The fourth-order valence-electron chi connectivity index (χ4n) is 2.56. The molecule has 8 nitrogen and oxygen atoms in total. The molecule has 0 aromatic carbocycles. The van der Waals surface area contributed by atoms with Gasteiger partial charge in [0.15, 0.2) is 0 Å². The number of pyridine rings is 1. The van der Waals surface area contributed by atoms with Crippen LogP contribution in [-0.2, 0) is 24.8 Å². The molecule has 1 unspecified atom stereocenters. The van der Waals surface area contributed by atoms with Gasteiger partial charge in [0.05, 0.1) is 19.1 Å². The average Bonchev–Trinajstić information content (AvgIpc) is 2.63. The average molecular weight is 346 g/mol. The number of aliphatic hydroxyl groups is 1. The molecule has 0 aliphatic heterocycles. The molecular formula is C17H22N4O4. The van der Waals surface area contributed by atoms with Crippen LogP contribution in [0.3, 0.4) is 0 Å². The van der Waals surface area contributed by atoms with Gasteiger partial charge < -0.3 is 15.0 Å². The first-order valence-electron chi connectivity index (χ1n) is 8.04. The van der Waals surface area contributed by atoms with E-state index >= 15 is 0 Å². The lowest BCUT2D eigenvalue weighted by molar-refractivity contribution is -0.134. The molecular weight excluding hydrogens is 324 g/mol. The highest BCUT2D eigenvalue weighted by molar-refractivity contribution is 5.79. The number of carbonyl (C=O) groups excluding carboxylic acids is 1. The summed E-state index contributed by atoms with van der Waals surface area (Å²) in [5, 5.41) is 9.60. The van der Waals surface area contributed by atoms with Crippen LogP contribution in [0.1, 0.15) is 24.5 Å². The van der Waals surface area contributed by atoms with Crippen molar-refractivity contribution in [2.75, 3.05) is 6.61 Å². The monoisotopic (exact) mass is 346 g/mol. The molecule has 2 aromatic heterocycles. The summed E-state index contributed by atoms with van der Waals surface area (Å²) in [4.78, 5) is 44.3. The number of nitrogens with one attached hydrogen (secondary N) is 1. The highest BCUT2D eigenvalue weighted by Crippen LogP contribution is 2.12. The number of hydrogen-bond acceptors (Lipinski definition) is 5. The molecule has 134 valence electrons. The number of carbonyl (C=O) groups is 1. The van der Waals surface area contributed by atoms with E-state index in [-0.39, 0.29) is 37.1 Å². The van der Waals surface area contributed by atoms with Gasteiger partial charge in [-0.1, -0.05) is 13.0 Å². The topological polar surface area (TPSA) is 108 Å². The van der Waals surface area contributed by atoms with Crippen molar-refractivity contribution in [1.29, 1.82) is 0 Å². The first-order valence-corrected chi connectivity index (χ1v) is 8.04. The lowest BCUT2D eigenvalue weighted by Gasteiger charge is -2.30. The zero-order chi connectivity index (χ0) is 18.4. The molecule has 0 aliphatic carbocycles. The van der Waals surface area contributed by atoms with Gasteiger partial charge in [0.1, 0.15) is 0 Å². The molecule has 2 aromatic rings. The van der Waals surface area contributed by atoms with E-state index in [1.165, 1.54) is 13.2 Å². The molecule has 2 rings (SSSR count). The molecule has 0 saturated heterocycles. The maximum absolute atomic E-state index is 12.8. The second-order valence-electron chi connectivity index (χ2n) is 5.79. The molecule has 0 fully saturated rings. The third-order valence-corrected chi connectivity index (χ3v) is 4.11. The smallest absolute Gasteiger partial charge is 0.328 e. The minimum atomic E-state index is -0.532. The summed E-state index contributed by atoms with van der Waals surface area (Å²) in [5.74, 6) is -0.297. The first-order chi connectivity index (χ1) is 12.0. The Kier molecular flexibility index (Phi) is 6.24. The molecule has 0 aliphatic rings. The second-order valence-corrected chi connectivity index (χ2v) is 5.79. The summed E-state index contributed by atoms with van der Waals surface area (Å²) >= 11 is 0. The normalized spacial score (nSPS) is 12.0. The molecule has 0 spiro atoms. The van der Waals surface area contributed by atoms with Crippen molar-refractivity contribution >= 4 is 5.91 Å². The van der Waals surface area contributed by atoms with E-state index < -0.39 is 11.2 Å². The number of H-pyrrole nitrogens is 1. The van der Waals surface area contributed by atoms with Crippen LogP contribution in [0.4, 0.5) is 0 Å². The number of rotatable bonds is 7. The molecule has 0 saturated carbocycles. The summed E-state index contributed by atoms with van der Waals surface area (Å²) in [5.41, 5.74) is -0.00103. The number of aromatic amines is 1. The predicted molar refractivity (Wildman–Crippen MR) is 92.0 cm³/mol. The number of hydrogen-bond donors (Lipinski definition) is 2. The fourth-order valence-corrected chi connectivity index (χ4v) is 2.56. The first kappa shape index (κ1) is 18.6. The molecule has 1 atom stereocenters. The fraction of sp³-hybridized carbons (Fsp3) is 0.412. The maximum Gasteiger partial charge on any atom is 0.328 e. The van der Waals surface area contributed by atoms with E-state index in [2.05, 4.69) is 9.97 Å². The van der Waals surface area contributed by atoms with Crippen LogP contribution in [0.25, 0.3) is 0 Å². The Bertz CT molecular complexity index is 825. The molecule has 1 amide bonds. The Balaban J connectivity index is 2.27. The van der Waals surface area contributed by atoms with Crippen LogP contribution >= 0.6 is 0 Å². The largest absolute Gasteiger partial charge is 0.394 e. The summed E-state index contributed by atoms with van der Waals surface area (Å²) in [6.45, 7) is 1.99. The van der Waals surface area contributed by atoms with Gasteiger partial charge in [0.25, 0.3) is 5.56 Å². The zero-order valence-corrected chi connectivity index (χ0v) is 14.3. The number of amides is 1. The van der Waals surface area contributed by atoms with Crippen LogP contribution in [-0.4, -0.2) is 43.1 Å². The van der Waals surface area contributed by atoms with Gasteiger partial charge in [0.2, 0.25) is 5.91 Å². The Morgan fingerprint density at radius 1 is 1.44 bits per heavy atom. The van der Waals surface area contributed by atoms with Crippen molar-refractivity contribution in [3.05, 3.63) is 62.7 Å². The minimum Gasteiger partial charge on any atom is -0.394 e. The second kappa shape index (κ2) is 8.39. The Hall–Kier alpha value is -2.74.